The summed E-state index contributed by atoms with van der Waals surface area (Å²) >= 11 is 3.55. The number of ether oxygens (including phenoxy) is 2. The van der Waals surface area contributed by atoms with Gasteiger partial charge < -0.3 is 19.8 Å². The highest BCUT2D eigenvalue weighted by atomic mass is 79.9. The highest BCUT2D eigenvalue weighted by molar-refractivity contribution is 9.10. The van der Waals surface area contributed by atoms with Crippen LogP contribution in [0.15, 0.2) is 16.6 Å². The third-order valence-corrected chi connectivity index (χ3v) is 4.07. The van der Waals surface area contributed by atoms with E-state index in [-0.39, 0.29) is 0 Å². The Balaban J connectivity index is 2.64. The fourth-order valence-electron chi connectivity index (χ4n) is 2.28. The van der Waals surface area contributed by atoms with Gasteiger partial charge in [0, 0.05) is 23.0 Å². The maximum absolute atomic E-state index is 6.21. The summed E-state index contributed by atoms with van der Waals surface area (Å²) in [6, 6.07) is 3.74. The molecule has 6 heteroatoms. The minimum absolute atomic E-state index is 0.296. The molecule has 2 aromatic rings. The highest BCUT2D eigenvalue weighted by Crippen LogP contribution is 2.40. The molecule has 0 unspecified atom stereocenters. The first kappa shape index (κ1) is 15.7. The molecule has 0 radical (unpaired) electrons. The number of methoxy groups -OCH3 is 2. The molecule has 0 aliphatic carbocycles. The number of aromatic nitrogens is 2. The molecule has 0 saturated carbocycles. The van der Waals surface area contributed by atoms with Crippen molar-refractivity contribution in [3.8, 4) is 22.8 Å². The Kier molecular flexibility index (Phi) is 4.46. The van der Waals surface area contributed by atoms with Crippen LogP contribution in [0, 0.1) is 0 Å². The van der Waals surface area contributed by atoms with Crippen LogP contribution in [0.1, 0.15) is 25.6 Å². The molecular weight excluding hydrogens is 334 g/mol. The molecule has 5 nitrogen and oxygen atoms in total. The number of nitrogen functional groups attached to an aromatic ring is 1. The minimum Gasteiger partial charge on any atom is -0.493 e. The Hall–Kier alpha value is -1.69. The lowest BCUT2D eigenvalue weighted by molar-refractivity contribution is 0.355. The third-order valence-electron chi connectivity index (χ3n) is 3.42. The zero-order valence-corrected chi connectivity index (χ0v) is 14.5. The lowest BCUT2D eigenvalue weighted by atomic mass is 10.1. The van der Waals surface area contributed by atoms with Gasteiger partial charge in [-0.15, -0.1) is 0 Å². The van der Waals surface area contributed by atoms with E-state index in [4.69, 9.17) is 15.2 Å². The Morgan fingerprint density at radius 2 is 1.76 bits per heavy atom. The topological polar surface area (TPSA) is 62.3 Å². The molecular formula is C15H20BrN3O2. The summed E-state index contributed by atoms with van der Waals surface area (Å²) in [6.07, 6.45) is 0. The second kappa shape index (κ2) is 5.97. The van der Waals surface area contributed by atoms with Crippen LogP contribution in [0.4, 0.5) is 5.82 Å². The summed E-state index contributed by atoms with van der Waals surface area (Å²) in [4.78, 5) is 4.68. The summed E-state index contributed by atoms with van der Waals surface area (Å²) in [5.41, 5.74) is 7.84. The van der Waals surface area contributed by atoms with Crippen molar-refractivity contribution in [2.45, 2.75) is 19.8 Å². The van der Waals surface area contributed by atoms with Gasteiger partial charge in [0.2, 0.25) is 0 Å². The summed E-state index contributed by atoms with van der Waals surface area (Å²) in [7, 11) is 5.14. The van der Waals surface area contributed by atoms with E-state index < -0.39 is 0 Å². The van der Waals surface area contributed by atoms with E-state index in [1.165, 1.54) is 0 Å². The number of nitrogens with zero attached hydrogens (tertiary/aromatic N) is 2. The SMILES string of the molecule is COc1cc(Br)c(-c2nc(C(C)C)n(C)c2N)cc1OC. The second-order valence-electron chi connectivity index (χ2n) is 5.10. The predicted octanol–water partition coefficient (Wildman–Crippen LogP) is 3.57. The van der Waals surface area contributed by atoms with E-state index in [1.807, 2.05) is 23.7 Å². The Labute approximate surface area is 133 Å². The van der Waals surface area contributed by atoms with Crippen LogP contribution < -0.4 is 15.2 Å². The first-order chi connectivity index (χ1) is 9.90. The number of hydrogen-bond donors (Lipinski definition) is 1. The van der Waals surface area contributed by atoms with Gasteiger partial charge in [0.05, 0.1) is 14.2 Å². The molecule has 2 rings (SSSR count). The number of imidazole rings is 1. The molecule has 114 valence electrons. The predicted molar refractivity (Wildman–Crippen MR) is 87.9 cm³/mol. The van der Waals surface area contributed by atoms with Gasteiger partial charge in [-0.2, -0.15) is 0 Å². The van der Waals surface area contributed by atoms with E-state index in [0.717, 1.165) is 21.6 Å². The fourth-order valence-corrected chi connectivity index (χ4v) is 2.79. The third kappa shape index (κ3) is 2.72. The van der Waals surface area contributed by atoms with Crippen LogP contribution in [0.5, 0.6) is 11.5 Å². The zero-order valence-electron chi connectivity index (χ0n) is 12.9. The Morgan fingerprint density at radius 3 is 2.24 bits per heavy atom. The quantitative estimate of drug-likeness (QED) is 0.912. The van der Waals surface area contributed by atoms with Crippen molar-refractivity contribution < 1.29 is 9.47 Å². The standard InChI is InChI=1S/C15H20BrN3O2/c1-8(2)15-18-13(14(17)19(15)3)9-6-11(20-4)12(21-5)7-10(9)16/h6-8H,17H2,1-5H3. The van der Waals surface area contributed by atoms with Crippen molar-refractivity contribution in [2.24, 2.45) is 7.05 Å². The highest BCUT2D eigenvalue weighted by Gasteiger charge is 2.20. The van der Waals surface area contributed by atoms with Crippen LogP contribution >= 0.6 is 15.9 Å². The molecule has 0 bridgehead atoms. The molecule has 0 saturated heterocycles. The van der Waals surface area contributed by atoms with Crippen molar-refractivity contribution in [2.75, 3.05) is 20.0 Å². The van der Waals surface area contributed by atoms with Crippen molar-refractivity contribution in [3.63, 3.8) is 0 Å². The zero-order chi connectivity index (χ0) is 15.7. The number of hydrogen-bond acceptors (Lipinski definition) is 4. The van der Waals surface area contributed by atoms with Gasteiger partial charge in [-0.3, -0.25) is 0 Å². The Bertz CT molecular complexity index is 665. The van der Waals surface area contributed by atoms with Crippen molar-refractivity contribution >= 4 is 21.7 Å². The van der Waals surface area contributed by atoms with Gasteiger partial charge in [0.25, 0.3) is 0 Å². The molecule has 1 aromatic carbocycles. The maximum Gasteiger partial charge on any atom is 0.161 e. The van der Waals surface area contributed by atoms with Crippen LogP contribution in [0.3, 0.4) is 0 Å². The van der Waals surface area contributed by atoms with Crippen LogP contribution in [0.25, 0.3) is 11.3 Å². The monoisotopic (exact) mass is 353 g/mol. The average Bonchev–Trinajstić information content (AvgIpc) is 2.75. The molecule has 0 amide bonds. The maximum atomic E-state index is 6.21. The molecule has 0 aliphatic rings. The van der Waals surface area contributed by atoms with Gasteiger partial charge >= 0.3 is 0 Å². The van der Waals surface area contributed by atoms with Gasteiger partial charge in [0.1, 0.15) is 17.3 Å². The molecule has 0 spiro atoms. The van der Waals surface area contributed by atoms with Crippen LogP contribution in [-0.4, -0.2) is 23.8 Å². The Morgan fingerprint density at radius 1 is 1.19 bits per heavy atom. The van der Waals surface area contributed by atoms with E-state index >= 15 is 0 Å². The molecule has 0 fully saturated rings. The number of halogens is 1. The number of rotatable bonds is 4. The minimum atomic E-state index is 0.296. The largest absolute Gasteiger partial charge is 0.493 e. The fraction of sp³-hybridized carbons (Fsp3) is 0.400. The summed E-state index contributed by atoms with van der Waals surface area (Å²) in [5, 5.41) is 0. The lowest BCUT2D eigenvalue weighted by Gasteiger charge is -2.11. The summed E-state index contributed by atoms with van der Waals surface area (Å²) in [5.74, 6) is 3.18. The van der Waals surface area contributed by atoms with Gasteiger partial charge in [-0.05, 0) is 28.1 Å². The van der Waals surface area contributed by atoms with E-state index in [0.29, 0.717) is 23.2 Å². The van der Waals surface area contributed by atoms with Crippen molar-refractivity contribution in [1.29, 1.82) is 0 Å². The first-order valence-corrected chi connectivity index (χ1v) is 7.44. The smallest absolute Gasteiger partial charge is 0.161 e. The second-order valence-corrected chi connectivity index (χ2v) is 5.96. The van der Waals surface area contributed by atoms with Gasteiger partial charge in [-0.1, -0.05) is 13.8 Å². The molecule has 2 N–H and O–H groups in total. The van der Waals surface area contributed by atoms with E-state index in [9.17, 15) is 0 Å². The molecule has 0 atom stereocenters. The van der Waals surface area contributed by atoms with Crippen LogP contribution in [-0.2, 0) is 7.05 Å². The molecule has 1 aromatic heterocycles. The molecule has 1 heterocycles. The van der Waals surface area contributed by atoms with Crippen molar-refractivity contribution in [1.82, 2.24) is 9.55 Å². The number of anilines is 1. The summed E-state index contributed by atoms with van der Waals surface area (Å²) < 4.78 is 13.4. The van der Waals surface area contributed by atoms with Gasteiger partial charge in [-0.25, -0.2) is 4.98 Å². The average molecular weight is 354 g/mol. The summed E-state index contributed by atoms with van der Waals surface area (Å²) in [6.45, 7) is 4.18. The number of benzene rings is 1. The van der Waals surface area contributed by atoms with Gasteiger partial charge in [0.15, 0.2) is 11.5 Å². The molecule has 21 heavy (non-hydrogen) atoms. The first-order valence-electron chi connectivity index (χ1n) is 6.64. The molecule has 0 aliphatic heterocycles. The van der Waals surface area contributed by atoms with Crippen LogP contribution in [0.2, 0.25) is 0 Å². The normalized spacial score (nSPS) is 11.0. The lowest BCUT2D eigenvalue weighted by Crippen LogP contribution is -2.03. The van der Waals surface area contributed by atoms with E-state index in [1.54, 1.807) is 14.2 Å². The van der Waals surface area contributed by atoms with E-state index in [2.05, 4.69) is 34.8 Å². The van der Waals surface area contributed by atoms with Crippen molar-refractivity contribution in [3.05, 3.63) is 22.4 Å². The number of nitrogens with two attached hydrogens (primary N) is 1.